The largest absolute Gasteiger partial charge is 0.497 e. The molecule has 0 radical (unpaired) electrons. The number of benzene rings is 1. The van der Waals surface area contributed by atoms with E-state index in [2.05, 4.69) is 15.5 Å². The fourth-order valence-corrected chi connectivity index (χ4v) is 3.49. The molecule has 0 unspecified atom stereocenters. The van der Waals surface area contributed by atoms with Crippen LogP contribution in [0.25, 0.3) is 0 Å². The number of ether oxygens (including phenoxy) is 2. The Bertz CT molecular complexity index is 645. The molecular weight excluding hydrogens is 270 g/mol. The number of nitrogens with zero attached hydrogens (tertiary/aromatic N) is 2. The monoisotopic (exact) mass is 287 g/mol. The third-order valence-corrected chi connectivity index (χ3v) is 4.69. The normalized spacial score (nSPS) is 29.4. The molecule has 3 fully saturated rings. The van der Waals surface area contributed by atoms with Crippen LogP contribution in [-0.2, 0) is 5.41 Å². The summed E-state index contributed by atoms with van der Waals surface area (Å²) in [5, 5.41) is 11.5. The first-order valence-electron chi connectivity index (χ1n) is 7.02. The number of hydrogen-bond donors (Lipinski definition) is 1. The molecule has 0 amide bonds. The zero-order chi connectivity index (χ0) is 14.5. The van der Waals surface area contributed by atoms with E-state index in [-0.39, 0.29) is 11.5 Å². The van der Waals surface area contributed by atoms with Crippen LogP contribution in [0.5, 0.6) is 17.6 Å². The van der Waals surface area contributed by atoms with Gasteiger partial charge in [0.1, 0.15) is 11.5 Å². The van der Waals surface area contributed by atoms with Gasteiger partial charge in [-0.2, -0.15) is 0 Å². The second kappa shape index (κ2) is 4.21. The van der Waals surface area contributed by atoms with E-state index in [0.717, 1.165) is 25.0 Å². The standard InChI is InChI=1S/C15H17N3O3/c1-16-15-7-14(8-15,9-15)12-17-18-13(21-12)20-11-5-3-10(19-2)4-6-11/h3-6,16H,7-9H2,1-2H3. The van der Waals surface area contributed by atoms with Crippen molar-refractivity contribution >= 4 is 0 Å². The highest BCUT2D eigenvalue weighted by atomic mass is 16.6. The van der Waals surface area contributed by atoms with Crippen LogP contribution < -0.4 is 14.8 Å². The number of methoxy groups -OCH3 is 1. The van der Waals surface area contributed by atoms with E-state index in [0.29, 0.717) is 17.2 Å². The van der Waals surface area contributed by atoms with Crippen LogP contribution in [0.2, 0.25) is 0 Å². The van der Waals surface area contributed by atoms with Crippen LogP contribution in [-0.4, -0.2) is 29.9 Å². The molecule has 0 spiro atoms. The van der Waals surface area contributed by atoms with Crippen LogP contribution >= 0.6 is 0 Å². The molecule has 3 saturated carbocycles. The summed E-state index contributed by atoms with van der Waals surface area (Å²) in [5.74, 6) is 2.12. The van der Waals surface area contributed by atoms with Gasteiger partial charge in [-0.1, -0.05) is 5.10 Å². The molecule has 21 heavy (non-hydrogen) atoms. The van der Waals surface area contributed by atoms with Gasteiger partial charge in [0.05, 0.1) is 12.5 Å². The summed E-state index contributed by atoms with van der Waals surface area (Å²) in [7, 11) is 3.64. The predicted molar refractivity (Wildman–Crippen MR) is 74.7 cm³/mol. The Labute approximate surface area is 122 Å². The highest BCUT2D eigenvalue weighted by Crippen LogP contribution is 2.67. The van der Waals surface area contributed by atoms with Gasteiger partial charge < -0.3 is 19.2 Å². The Morgan fingerprint density at radius 2 is 1.76 bits per heavy atom. The molecule has 110 valence electrons. The third-order valence-electron chi connectivity index (χ3n) is 4.69. The van der Waals surface area contributed by atoms with E-state index in [1.165, 1.54) is 0 Å². The van der Waals surface area contributed by atoms with Crippen LogP contribution in [0, 0.1) is 0 Å². The van der Waals surface area contributed by atoms with Gasteiger partial charge in [0.15, 0.2) is 0 Å². The topological polar surface area (TPSA) is 69.4 Å². The zero-order valence-electron chi connectivity index (χ0n) is 12.0. The fourth-order valence-electron chi connectivity index (χ4n) is 3.49. The number of hydrogen-bond acceptors (Lipinski definition) is 6. The maximum atomic E-state index is 5.68. The Hall–Kier alpha value is -2.08. The summed E-state index contributed by atoms with van der Waals surface area (Å²) < 4.78 is 16.4. The fraction of sp³-hybridized carbons (Fsp3) is 0.467. The summed E-state index contributed by atoms with van der Waals surface area (Å²) in [6.45, 7) is 0. The maximum absolute atomic E-state index is 5.68. The molecule has 3 aliphatic rings. The van der Waals surface area contributed by atoms with Gasteiger partial charge in [0.25, 0.3) is 0 Å². The Balaban J connectivity index is 1.46. The lowest BCUT2D eigenvalue weighted by atomic mass is 9.39. The lowest BCUT2D eigenvalue weighted by molar-refractivity contribution is -0.0995. The van der Waals surface area contributed by atoms with E-state index in [9.17, 15) is 0 Å². The van der Waals surface area contributed by atoms with E-state index < -0.39 is 0 Å². The first-order chi connectivity index (χ1) is 10.2. The Morgan fingerprint density at radius 3 is 2.38 bits per heavy atom. The second-order valence-electron chi connectivity index (χ2n) is 5.99. The summed E-state index contributed by atoms with van der Waals surface area (Å²) in [6.07, 6.45) is 3.40. The quantitative estimate of drug-likeness (QED) is 0.909. The first-order valence-corrected chi connectivity index (χ1v) is 7.02. The van der Waals surface area contributed by atoms with Crippen molar-refractivity contribution in [2.75, 3.05) is 14.2 Å². The SMILES string of the molecule is CNC12CC(c3nnc(Oc4ccc(OC)cc4)o3)(C1)C2. The van der Waals surface area contributed by atoms with Crippen molar-refractivity contribution in [2.45, 2.75) is 30.2 Å². The second-order valence-corrected chi connectivity index (χ2v) is 5.99. The van der Waals surface area contributed by atoms with E-state index in [1.807, 2.05) is 19.2 Å². The van der Waals surface area contributed by atoms with Gasteiger partial charge in [-0.05, 0) is 50.6 Å². The lowest BCUT2D eigenvalue weighted by Gasteiger charge is -2.68. The molecule has 2 bridgehead atoms. The van der Waals surface area contributed by atoms with Gasteiger partial charge in [-0.25, -0.2) is 0 Å². The maximum Gasteiger partial charge on any atom is 0.420 e. The smallest absolute Gasteiger partial charge is 0.420 e. The van der Waals surface area contributed by atoms with Crippen molar-refractivity contribution in [1.82, 2.24) is 15.5 Å². The van der Waals surface area contributed by atoms with Crippen molar-refractivity contribution in [3.63, 3.8) is 0 Å². The van der Waals surface area contributed by atoms with Crippen molar-refractivity contribution in [2.24, 2.45) is 0 Å². The van der Waals surface area contributed by atoms with Crippen LogP contribution in [0.1, 0.15) is 25.2 Å². The van der Waals surface area contributed by atoms with Crippen LogP contribution in [0.4, 0.5) is 0 Å². The molecule has 6 nitrogen and oxygen atoms in total. The summed E-state index contributed by atoms with van der Waals surface area (Å²) in [6, 6.07) is 7.26. The highest BCUT2D eigenvalue weighted by Gasteiger charge is 2.70. The average Bonchev–Trinajstić information content (AvgIpc) is 2.86. The van der Waals surface area contributed by atoms with Gasteiger partial charge in [-0.15, -0.1) is 5.10 Å². The van der Waals surface area contributed by atoms with Gasteiger partial charge in [0.2, 0.25) is 5.89 Å². The molecule has 2 aromatic rings. The first kappa shape index (κ1) is 12.6. The van der Waals surface area contributed by atoms with Crippen molar-refractivity contribution < 1.29 is 13.9 Å². The Kier molecular flexibility index (Phi) is 2.53. The molecular formula is C15H17N3O3. The minimum Gasteiger partial charge on any atom is -0.497 e. The molecule has 1 aromatic carbocycles. The van der Waals surface area contributed by atoms with Gasteiger partial charge >= 0.3 is 6.08 Å². The highest BCUT2D eigenvalue weighted by molar-refractivity contribution is 5.35. The molecule has 0 saturated heterocycles. The minimum absolute atomic E-state index is 0.0809. The molecule has 5 rings (SSSR count). The van der Waals surface area contributed by atoms with Crippen LogP contribution in [0.15, 0.2) is 28.7 Å². The Morgan fingerprint density at radius 1 is 1.10 bits per heavy atom. The zero-order valence-corrected chi connectivity index (χ0v) is 12.0. The summed E-state index contributed by atoms with van der Waals surface area (Å²) in [5.41, 5.74) is 0.392. The predicted octanol–water partition coefficient (Wildman–Crippen LogP) is 2.26. The molecule has 6 heteroatoms. The molecule has 0 atom stereocenters. The number of aromatic nitrogens is 2. The third kappa shape index (κ3) is 1.82. The van der Waals surface area contributed by atoms with Gasteiger partial charge in [-0.3, -0.25) is 0 Å². The molecule has 1 aromatic heterocycles. The van der Waals surface area contributed by atoms with E-state index >= 15 is 0 Å². The lowest BCUT2D eigenvalue weighted by Crippen LogP contribution is -2.75. The number of nitrogens with one attached hydrogen (secondary N) is 1. The van der Waals surface area contributed by atoms with E-state index in [4.69, 9.17) is 13.9 Å². The summed E-state index contributed by atoms with van der Waals surface area (Å²) >= 11 is 0. The van der Waals surface area contributed by atoms with Gasteiger partial charge in [0, 0.05) is 5.54 Å². The van der Waals surface area contributed by atoms with E-state index in [1.54, 1.807) is 19.2 Å². The molecule has 0 aliphatic heterocycles. The van der Waals surface area contributed by atoms with Crippen LogP contribution in [0.3, 0.4) is 0 Å². The number of rotatable bonds is 5. The minimum atomic E-state index is 0.0809. The van der Waals surface area contributed by atoms with Crippen molar-refractivity contribution in [3.8, 4) is 17.6 Å². The molecule has 1 heterocycles. The van der Waals surface area contributed by atoms with Crippen molar-refractivity contribution in [3.05, 3.63) is 30.2 Å². The molecule has 3 aliphatic carbocycles. The average molecular weight is 287 g/mol. The van der Waals surface area contributed by atoms with Crippen molar-refractivity contribution in [1.29, 1.82) is 0 Å². The summed E-state index contributed by atoms with van der Waals surface area (Å²) in [4.78, 5) is 0. The molecule has 1 N–H and O–H groups in total.